The Morgan fingerprint density at radius 2 is 1.85 bits per heavy atom. The Morgan fingerprint density at radius 3 is 2.55 bits per heavy atom. The molecule has 3 rings (SSSR count). The summed E-state index contributed by atoms with van der Waals surface area (Å²) in [5.74, 6) is 0.164. The standard InChI is InChI=1S/C16H12BrNO2/c1-18(12-7-3-2-4-8-12)16(19)14-10-11-6-5-9-13(17)15(11)20-14/h2-10H,1H3. The SMILES string of the molecule is CN(C(=O)c1cc2cccc(Br)c2o1)c1ccccc1. The minimum Gasteiger partial charge on any atom is -0.450 e. The number of amides is 1. The van der Waals surface area contributed by atoms with Crippen LogP contribution in [0.2, 0.25) is 0 Å². The van der Waals surface area contributed by atoms with Gasteiger partial charge in [0.2, 0.25) is 0 Å². The fourth-order valence-corrected chi connectivity index (χ4v) is 2.53. The Bertz CT molecular complexity index is 765. The molecule has 0 fully saturated rings. The van der Waals surface area contributed by atoms with Crippen LogP contribution in [0.25, 0.3) is 11.0 Å². The molecule has 1 heterocycles. The van der Waals surface area contributed by atoms with Crippen molar-refractivity contribution in [2.75, 3.05) is 11.9 Å². The first-order valence-corrected chi connectivity index (χ1v) is 6.97. The number of fused-ring (bicyclic) bond motifs is 1. The molecular weight excluding hydrogens is 318 g/mol. The van der Waals surface area contributed by atoms with Crippen molar-refractivity contribution in [3.63, 3.8) is 0 Å². The molecule has 0 saturated heterocycles. The third kappa shape index (κ3) is 2.23. The van der Waals surface area contributed by atoms with E-state index in [-0.39, 0.29) is 5.91 Å². The molecule has 0 aliphatic heterocycles. The van der Waals surface area contributed by atoms with Crippen LogP contribution >= 0.6 is 15.9 Å². The molecule has 0 radical (unpaired) electrons. The van der Waals surface area contributed by atoms with Gasteiger partial charge in [0.05, 0.1) is 4.47 Å². The number of rotatable bonds is 2. The number of nitrogens with zero attached hydrogens (tertiary/aromatic N) is 1. The summed E-state index contributed by atoms with van der Waals surface area (Å²) in [6, 6.07) is 17.0. The summed E-state index contributed by atoms with van der Waals surface area (Å²) < 4.78 is 6.51. The highest BCUT2D eigenvalue weighted by atomic mass is 79.9. The Labute approximate surface area is 124 Å². The van der Waals surface area contributed by atoms with Gasteiger partial charge in [-0.3, -0.25) is 4.79 Å². The lowest BCUT2D eigenvalue weighted by molar-refractivity contribution is 0.0968. The quantitative estimate of drug-likeness (QED) is 0.694. The molecule has 0 spiro atoms. The molecule has 0 unspecified atom stereocenters. The molecule has 4 heteroatoms. The number of carbonyl (C=O) groups excluding carboxylic acids is 1. The van der Waals surface area contributed by atoms with E-state index in [0.717, 1.165) is 15.5 Å². The van der Waals surface area contributed by atoms with E-state index in [9.17, 15) is 4.79 Å². The topological polar surface area (TPSA) is 33.5 Å². The average Bonchev–Trinajstić information content (AvgIpc) is 2.92. The van der Waals surface area contributed by atoms with E-state index in [1.807, 2.05) is 48.5 Å². The molecule has 0 bridgehead atoms. The monoisotopic (exact) mass is 329 g/mol. The third-order valence-corrected chi connectivity index (χ3v) is 3.78. The molecule has 0 aliphatic carbocycles. The van der Waals surface area contributed by atoms with Gasteiger partial charge in [0, 0.05) is 18.1 Å². The fourth-order valence-electron chi connectivity index (χ4n) is 2.07. The van der Waals surface area contributed by atoms with Crippen LogP contribution in [0, 0.1) is 0 Å². The molecule has 1 aromatic heterocycles. The molecule has 100 valence electrons. The van der Waals surface area contributed by atoms with Gasteiger partial charge in [-0.1, -0.05) is 30.3 Å². The molecule has 0 N–H and O–H groups in total. The van der Waals surface area contributed by atoms with Crippen LogP contribution in [0.5, 0.6) is 0 Å². The lowest BCUT2D eigenvalue weighted by atomic mass is 10.2. The van der Waals surface area contributed by atoms with E-state index in [4.69, 9.17) is 4.42 Å². The highest BCUT2D eigenvalue weighted by Crippen LogP contribution is 2.28. The summed E-state index contributed by atoms with van der Waals surface area (Å²) in [5, 5.41) is 0.907. The van der Waals surface area contributed by atoms with Crippen LogP contribution in [-0.4, -0.2) is 13.0 Å². The Balaban J connectivity index is 1.99. The van der Waals surface area contributed by atoms with Crippen molar-refractivity contribution in [1.29, 1.82) is 0 Å². The van der Waals surface area contributed by atoms with Crippen LogP contribution in [-0.2, 0) is 0 Å². The predicted molar refractivity (Wildman–Crippen MR) is 83.1 cm³/mol. The molecule has 1 amide bonds. The number of hydrogen-bond acceptors (Lipinski definition) is 2. The maximum Gasteiger partial charge on any atom is 0.293 e. The normalized spacial score (nSPS) is 10.7. The number of halogens is 1. The second-order valence-corrected chi connectivity index (χ2v) is 5.32. The maximum absolute atomic E-state index is 12.4. The number of hydrogen-bond donors (Lipinski definition) is 0. The largest absolute Gasteiger partial charge is 0.450 e. The zero-order valence-electron chi connectivity index (χ0n) is 10.8. The molecule has 3 nitrogen and oxygen atoms in total. The number of benzene rings is 2. The molecule has 20 heavy (non-hydrogen) atoms. The molecule has 0 atom stereocenters. The number of furan rings is 1. The van der Waals surface area contributed by atoms with Gasteiger partial charge in [-0.05, 0) is 40.2 Å². The zero-order chi connectivity index (χ0) is 14.1. The zero-order valence-corrected chi connectivity index (χ0v) is 12.4. The summed E-state index contributed by atoms with van der Waals surface area (Å²) in [7, 11) is 1.74. The Morgan fingerprint density at radius 1 is 1.10 bits per heavy atom. The summed E-state index contributed by atoms with van der Waals surface area (Å²) >= 11 is 3.42. The van der Waals surface area contributed by atoms with Gasteiger partial charge in [-0.15, -0.1) is 0 Å². The molecule has 0 saturated carbocycles. The lowest BCUT2D eigenvalue weighted by Gasteiger charge is -2.15. The van der Waals surface area contributed by atoms with Crippen molar-refractivity contribution >= 4 is 38.5 Å². The highest BCUT2D eigenvalue weighted by molar-refractivity contribution is 9.10. The van der Waals surface area contributed by atoms with Crippen LogP contribution < -0.4 is 4.90 Å². The van der Waals surface area contributed by atoms with Crippen LogP contribution in [0.4, 0.5) is 5.69 Å². The molecule has 3 aromatic rings. The van der Waals surface area contributed by atoms with Gasteiger partial charge in [-0.25, -0.2) is 0 Å². The molecule has 2 aromatic carbocycles. The maximum atomic E-state index is 12.4. The van der Waals surface area contributed by atoms with E-state index in [0.29, 0.717) is 11.3 Å². The van der Waals surface area contributed by atoms with Crippen molar-refractivity contribution < 1.29 is 9.21 Å². The lowest BCUT2D eigenvalue weighted by Crippen LogP contribution is -2.25. The van der Waals surface area contributed by atoms with Crippen LogP contribution in [0.15, 0.2) is 63.5 Å². The first-order valence-electron chi connectivity index (χ1n) is 6.18. The summed E-state index contributed by atoms with van der Waals surface area (Å²) in [6.45, 7) is 0. The summed E-state index contributed by atoms with van der Waals surface area (Å²) in [5.41, 5.74) is 1.52. The van der Waals surface area contributed by atoms with Gasteiger partial charge < -0.3 is 9.32 Å². The van der Waals surface area contributed by atoms with Crippen molar-refractivity contribution in [2.24, 2.45) is 0 Å². The Kier molecular flexibility index (Phi) is 3.32. The summed E-state index contributed by atoms with van der Waals surface area (Å²) in [4.78, 5) is 14.0. The van der Waals surface area contributed by atoms with Crippen LogP contribution in [0.3, 0.4) is 0 Å². The van der Waals surface area contributed by atoms with E-state index < -0.39 is 0 Å². The van der Waals surface area contributed by atoms with Crippen molar-refractivity contribution in [2.45, 2.75) is 0 Å². The van der Waals surface area contributed by atoms with E-state index >= 15 is 0 Å². The second-order valence-electron chi connectivity index (χ2n) is 4.47. The minimum absolute atomic E-state index is 0.167. The van der Waals surface area contributed by atoms with Gasteiger partial charge in [0.15, 0.2) is 5.76 Å². The van der Waals surface area contributed by atoms with E-state index in [1.54, 1.807) is 18.0 Å². The number of anilines is 1. The van der Waals surface area contributed by atoms with Crippen molar-refractivity contribution in [3.8, 4) is 0 Å². The molecular formula is C16H12BrNO2. The van der Waals surface area contributed by atoms with Gasteiger partial charge in [0.1, 0.15) is 5.58 Å². The average molecular weight is 330 g/mol. The number of carbonyl (C=O) groups is 1. The van der Waals surface area contributed by atoms with Crippen molar-refractivity contribution in [1.82, 2.24) is 0 Å². The molecule has 0 aliphatic rings. The van der Waals surface area contributed by atoms with E-state index in [1.165, 1.54) is 0 Å². The van der Waals surface area contributed by atoms with Gasteiger partial charge in [0.25, 0.3) is 5.91 Å². The minimum atomic E-state index is -0.167. The van der Waals surface area contributed by atoms with Crippen molar-refractivity contribution in [3.05, 3.63) is 64.8 Å². The Hall–Kier alpha value is -2.07. The van der Waals surface area contributed by atoms with E-state index in [2.05, 4.69) is 15.9 Å². The van der Waals surface area contributed by atoms with Crippen LogP contribution in [0.1, 0.15) is 10.6 Å². The first kappa shape index (κ1) is 12.9. The predicted octanol–water partition coefficient (Wildman–Crippen LogP) is 4.47. The summed E-state index contributed by atoms with van der Waals surface area (Å²) in [6.07, 6.45) is 0. The highest BCUT2D eigenvalue weighted by Gasteiger charge is 2.18. The second kappa shape index (κ2) is 5.13. The first-order chi connectivity index (χ1) is 9.66. The van der Waals surface area contributed by atoms with Gasteiger partial charge in [-0.2, -0.15) is 0 Å². The third-order valence-electron chi connectivity index (χ3n) is 3.15. The smallest absolute Gasteiger partial charge is 0.293 e. The number of para-hydroxylation sites is 2. The van der Waals surface area contributed by atoms with Gasteiger partial charge >= 0.3 is 0 Å². The fraction of sp³-hybridized carbons (Fsp3) is 0.0625.